The van der Waals surface area contributed by atoms with E-state index < -0.39 is 9.84 Å². The zero-order valence-electron chi connectivity index (χ0n) is 13.0. The Hall–Kier alpha value is -1.27. The average Bonchev–Trinajstić information content (AvgIpc) is 2.43. The van der Waals surface area contributed by atoms with Gasteiger partial charge in [0.15, 0.2) is 21.3 Å². The van der Waals surface area contributed by atoms with E-state index in [1.807, 2.05) is 20.8 Å². The van der Waals surface area contributed by atoms with E-state index in [4.69, 9.17) is 9.47 Å². The van der Waals surface area contributed by atoms with Crippen molar-refractivity contribution in [1.29, 1.82) is 0 Å². The van der Waals surface area contributed by atoms with E-state index in [-0.39, 0.29) is 22.1 Å². The lowest BCUT2D eigenvalue weighted by Crippen LogP contribution is -2.43. The molecule has 1 aliphatic rings. The Kier molecular flexibility index (Phi) is 4.49. The third-order valence-corrected chi connectivity index (χ3v) is 5.40. The molecule has 0 fully saturated rings. The second kappa shape index (κ2) is 5.85. The van der Waals surface area contributed by atoms with Crippen molar-refractivity contribution in [3.8, 4) is 11.5 Å². The van der Waals surface area contributed by atoms with E-state index in [2.05, 4.69) is 5.32 Å². The van der Waals surface area contributed by atoms with E-state index in [0.717, 1.165) is 0 Å². The molecular formula is C15H23NO4S. The maximum Gasteiger partial charge on any atom is 0.180 e. The van der Waals surface area contributed by atoms with Crippen molar-refractivity contribution in [2.45, 2.75) is 31.7 Å². The van der Waals surface area contributed by atoms with Gasteiger partial charge in [0.2, 0.25) is 0 Å². The van der Waals surface area contributed by atoms with Crippen LogP contribution in [0.25, 0.3) is 0 Å². The van der Waals surface area contributed by atoms with Gasteiger partial charge in [-0.15, -0.1) is 0 Å². The van der Waals surface area contributed by atoms with Crippen molar-refractivity contribution in [3.05, 3.63) is 18.2 Å². The highest BCUT2D eigenvalue weighted by molar-refractivity contribution is 7.91. The molecule has 0 amide bonds. The van der Waals surface area contributed by atoms with E-state index in [0.29, 0.717) is 24.7 Å². The monoisotopic (exact) mass is 313 g/mol. The molecule has 0 spiro atoms. The van der Waals surface area contributed by atoms with E-state index in [9.17, 15) is 8.42 Å². The summed E-state index contributed by atoms with van der Waals surface area (Å²) in [6.45, 7) is 7.00. The molecule has 1 heterocycles. The van der Waals surface area contributed by atoms with Crippen molar-refractivity contribution in [1.82, 2.24) is 5.32 Å². The summed E-state index contributed by atoms with van der Waals surface area (Å²) in [6, 6.07) is 4.67. The molecule has 0 aromatic heterocycles. The fourth-order valence-corrected chi connectivity index (χ4v) is 4.16. The number of nitrogens with one attached hydrogen (secondary N) is 1. The van der Waals surface area contributed by atoms with Gasteiger partial charge in [0.1, 0.15) is 13.2 Å². The van der Waals surface area contributed by atoms with Gasteiger partial charge in [-0.05, 0) is 24.6 Å². The van der Waals surface area contributed by atoms with Gasteiger partial charge < -0.3 is 14.8 Å². The molecule has 0 bridgehead atoms. The van der Waals surface area contributed by atoms with Crippen molar-refractivity contribution in [3.63, 3.8) is 0 Å². The second-order valence-electron chi connectivity index (χ2n) is 6.29. The molecule has 5 nitrogen and oxygen atoms in total. The third-order valence-electron chi connectivity index (χ3n) is 3.65. The van der Waals surface area contributed by atoms with Gasteiger partial charge in [-0.1, -0.05) is 20.8 Å². The third kappa shape index (κ3) is 3.68. The van der Waals surface area contributed by atoms with Crippen LogP contribution < -0.4 is 14.8 Å². The fraction of sp³-hybridized carbons (Fsp3) is 0.600. The highest BCUT2D eigenvalue weighted by Gasteiger charge is 2.30. The standard InChI is InChI=1S/C15H23NO4S/c1-15(2,3)14(16-4)10-21(17,18)11-5-6-12-13(9-11)20-8-7-19-12/h5-6,9,14,16H,7-8,10H2,1-4H3. The summed E-state index contributed by atoms with van der Waals surface area (Å²) in [5, 5.41) is 3.10. The van der Waals surface area contributed by atoms with Gasteiger partial charge in [-0.2, -0.15) is 0 Å². The van der Waals surface area contributed by atoms with E-state index >= 15 is 0 Å². The first-order valence-electron chi connectivity index (χ1n) is 7.04. The predicted molar refractivity (Wildman–Crippen MR) is 81.8 cm³/mol. The van der Waals surface area contributed by atoms with Gasteiger partial charge >= 0.3 is 0 Å². The molecular weight excluding hydrogens is 290 g/mol. The zero-order chi connectivity index (χ0) is 15.7. The van der Waals surface area contributed by atoms with Gasteiger partial charge in [0.05, 0.1) is 10.6 Å². The molecule has 2 rings (SSSR count). The topological polar surface area (TPSA) is 64.6 Å². The Labute approximate surface area is 126 Å². The molecule has 0 radical (unpaired) electrons. The van der Waals surface area contributed by atoms with E-state index in [1.54, 1.807) is 25.2 Å². The molecule has 1 atom stereocenters. The summed E-state index contributed by atoms with van der Waals surface area (Å²) in [7, 11) is -1.60. The first-order chi connectivity index (χ1) is 9.74. The summed E-state index contributed by atoms with van der Waals surface area (Å²) in [6.07, 6.45) is 0. The predicted octanol–water partition coefficient (Wildman–Crippen LogP) is 1.87. The summed E-state index contributed by atoms with van der Waals surface area (Å²) in [5.74, 6) is 1.15. The highest BCUT2D eigenvalue weighted by Crippen LogP contribution is 2.33. The van der Waals surface area contributed by atoms with Crippen LogP contribution in [0, 0.1) is 5.41 Å². The van der Waals surface area contributed by atoms with Crippen LogP contribution >= 0.6 is 0 Å². The van der Waals surface area contributed by atoms with Crippen LogP contribution in [0.15, 0.2) is 23.1 Å². The minimum atomic E-state index is -3.39. The van der Waals surface area contributed by atoms with Crippen molar-refractivity contribution in [2.24, 2.45) is 5.41 Å². The zero-order valence-corrected chi connectivity index (χ0v) is 13.8. The highest BCUT2D eigenvalue weighted by atomic mass is 32.2. The van der Waals surface area contributed by atoms with E-state index in [1.165, 1.54) is 0 Å². The molecule has 21 heavy (non-hydrogen) atoms. The lowest BCUT2D eigenvalue weighted by atomic mass is 9.88. The number of fused-ring (bicyclic) bond motifs is 1. The van der Waals surface area contributed by atoms with Crippen LogP contribution in [0.5, 0.6) is 11.5 Å². The lowest BCUT2D eigenvalue weighted by Gasteiger charge is -2.30. The van der Waals surface area contributed by atoms with Crippen LogP contribution in [-0.2, 0) is 9.84 Å². The van der Waals surface area contributed by atoms with Gasteiger partial charge in [0.25, 0.3) is 0 Å². The Morgan fingerprint density at radius 1 is 1.19 bits per heavy atom. The number of rotatable bonds is 4. The molecule has 1 unspecified atom stereocenters. The second-order valence-corrected chi connectivity index (χ2v) is 8.33. The Bertz CT molecular complexity index is 605. The summed E-state index contributed by atoms with van der Waals surface area (Å²) in [4.78, 5) is 0.274. The number of hydrogen-bond donors (Lipinski definition) is 1. The first-order valence-corrected chi connectivity index (χ1v) is 8.69. The Morgan fingerprint density at radius 3 is 2.38 bits per heavy atom. The minimum absolute atomic E-state index is 0.0483. The largest absolute Gasteiger partial charge is 0.486 e. The molecule has 6 heteroatoms. The minimum Gasteiger partial charge on any atom is -0.486 e. The molecule has 0 saturated carbocycles. The van der Waals surface area contributed by atoms with Crippen LogP contribution in [0.2, 0.25) is 0 Å². The fourth-order valence-electron chi connectivity index (χ4n) is 2.30. The molecule has 118 valence electrons. The lowest BCUT2D eigenvalue weighted by molar-refractivity contribution is 0.171. The summed E-state index contributed by atoms with van der Waals surface area (Å²) < 4.78 is 36.1. The maximum atomic E-state index is 12.6. The normalized spacial score (nSPS) is 16.6. The number of benzene rings is 1. The molecule has 1 aliphatic heterocycles. The van der Waals surface area contributed by atoms with Gasteiger partial charge in [-0.25, -0.2) is 8.42 Å². The first kappa shape index (κ1) is 16.1. The van der Waals surface area contributed by atoms with Gasteiger partial charge in [0, 0.05) is 12.1 Å². The molecule has 1 N–H and O–H groups in total. The van der Waals surface area contributed by atoms with Crippen LogP contribution in [0.3, 0.4) is 0 Å². The van der Waals surface area contributed by atoms with Gasteiger partial charge in [-0.3, -0.25) is 0 Å². The smallest absolute Gasteiger partial charge is 0.180 e. The van der Waals surface area contributed by atoms with Crippen molar-refractivity contribution >= 4 is 9.84 Å². The SMILES string of the molecule is CNC(CS(=O)(=O)c1ccc2c(c1)OCCO2)C(C)(C)C. The van der Waals surface area contributed by atoms with Crippen LogP contribution in [0.4, 0.5) is 0 Å². The van der Waals surface area contributed by atoms with Crippen molar-refractivity contribution < 1.29 is 17.9 Å². The molecule has 0 saturated heterocycles. The maximum absolute atomic E-state index is 12.6. The number of sulfone groups is 1. The molecule has 1 aromatic rings. The Balaban J connectivity index is 2.27. The average molecular weight is 313 g/mol. The summed E-state index contributed by atoms with van der Waals surface area (Å²) in [5.41, 5.74) is -0.143. The molecule has 1 aromatic carbocycles. The molecule has 0 aliphatic carbocycles. The number of ether oxygens (including phenoxy) is 2. The van der Waals surface area contributed by atoms with Crippen LogP contribution in [-0.4, -0.2) is 40.5 Å². The summed E-state index contributed by atoms with van der Waals surface area (Å²) >= 11 is 0. The Morgan fingerprint density at radius 2 is 1.81 bits per heavy atom. The van der Waals surface area contributed by atoms with Crippen LogP contribution in [0.1, 0.15) is 20.8 Å². The quantitative estimate of drug-likeness (QED) is 0.919. The number of hydrogen-bond acceptors (Lipinski definition) is 5. The van der Waals surface area contributed by atoms with Crippen molar-refractivity contribution in [2.75, 3.05) is 26.0 Å².